The van der Waals surface area contributed by atoms with Gasteiger partial charge in [-0.05, 0) is 172 Å². The van der Waals surface area contributed by atoms with E-state index in [9.17, 15) is 0 Å². The van der Waals surface area contributed by atoms with Crippen molar-refractivity contribution in [1.82, 2.24) is 13.4 Å². The minimum absolute atomic E-state index is 0.360. The molecule has 3 aliphatic rings. The number of benzene rings is 12. The van der Waals surface area contributed by atoms with Crippen LogP contribution < -0.4 is 5.46 Å². The van der Waals surface area contributed by atoms with Gasteiger partial charge in [0.1, 0.15) is 22.3 Å². The summed E-state index contributed by atoms with van der Waals surface area (Å²) in [5.41, 5.74) is 14.3. The van der Waals surface area contributed by atoms with Gasteiger partial charge in [-0.3, -0.25) is 0 Å². The van der Waals surface area contributed by atoms with Crippen LogP contribution in [0, 0.1) is 3.57 Å². The number of halogens is 3. The molecule has 0 amide bonds. The molecule has 0 saturated carbocycles. The first kappa shape index (κ1) is 68.0. The van der Waals surface area contributed by atoms with Crippen molar-refractivity contribution in [1.29, 1.82) is 0 Å². The molecule has 3 saturated heterocycles. The first-order valence-corrected chi connectivity index (χ1v) is 38.7. The Labute approximate surface area is 646 Å². The summed E-state index contributed by atoms with van der Waals surface area (Å²) in [6, 6.07) is 78.3. The number of furan rings is 3. The second kappa shape index (κ2) is 23.9. The maximum atomic E-state index is 6.69. The molecule has 0 bridgehead atoms. The first-order chi connectivity index (χ1) is 51.8. The molecular weight excluding hydrogens is 1500 g/mol. The van der Waals surface area contributed by atoms with Crippen molar-refractivity contribution in [2.24, 2.45) is 0 Å². The fourth-order valence-corrected chi connectivity index (χ4v) is 18.0. The second-order valence-corrected chi connectivity index (χ2v) is 34.0. The smallest absolute Gasteiger partial charge is 0.456 e. The molecule has 20 aromatic rings. The summed E-state index contributed by atoms with van der Waals surface area (Å²) in [4.78, 5) is 0. The summed E-state index contributed by atoms with van der Waals surface area (Å²) < 4.78 is 64.1. The van der Waals surface area contributed by atoms with Gasteiger partial charge in [0.15, 0.2) is 11.2 Å². The molecule has 0 radical (unpaired) electrons. The summed E-state index contributed by atoms with van der Waals surface area (Å²) in [7, 11) is -1.46. The lowest BCUT2D eigenvalue weighted by Crippen LogP contribution is -2.41. The third-order valence-corrected chi connectivity index (χ3v) is 25.7. The topological polar surface area (TPSA) is 109 Å². The Morgan fingerprint density at radius 3 is 1.06 bits per heavy atom. The molecule has 0 N–H and O–H groups in total. The minimum atomic E-state index is -0.510. The first-order valence-electron chi connectivity index (χ1n) is 36.8. The number of aromatic nitrogens is 3. The van der Waals surface area contributed by atoms with Gasteiger partial charge in [0.2, 0.25) is 0 Å². The molecule has 3 aliphatic heterocycles. The van der Waals surface area contributed by atoms with E-state index in [0.717, 1.165) is 93.4 Å². The van der Waals surface area contributed by atoms with Gasteiger partial charge >= 0.3 is 21.1 Å². The van der Waals surface area contributed by atoms with Gasteiger partial charge in [-0.25, -0.2) is 0 Å². The van der Waals surface area contributed by atoms with E-state index in [0.29, 0.717) is 10.0 Å². The second-order valence-electron chi connectivity index (χ2n) is 32.0. The highest BCUT2D eigenvalue weighted by Gasteiger charge is 2.64. The molecular formula is C90H73B3Cl2IN3O9. The lowest BCUT2D eigenvalue weighted by molar-refractivity contribution is 0.00578. The largest absolute Gasteiger partial charge is 0.498 e. The highest BCUT2D eigenvalue weighted by atomic mass is 127. The molecule has 532 valence electrons. The molecule has 0 atom stereocenters. The predicted octanol–water partition coefficient (Wildman–Crippen LogP) is 24.6. The van der Waals surface area contributed by atoms with Crippen molar-refractivity contribution in [2.45, 2.75) is 117 Å². The molecule has 8 aromatic heterocycles. The van der Waals surface area contributed by atoms with Gasteiger partial charge in [0, 0.05) is 79.1 Å². The number of fused-ring (bicyclic) bond motifs is 27. The van der Waals surface area contributed by atoms with Crippen LogP contribution in [-0.2, 0) is 27.9 Å². The van der Waals surface area contributed by atoms with E-state index in [4.69, 9.17) is 64.4 Å². The quantitative estimate of drug-likeness (QED) is 0.126. The van der Waals surface area contributed by atoms with E-state index in [-0.39, 0.29) is 22.4 Å². The Morgan fingerprint density at radius 2 is 0.611 bits per heavy atom. The third-order valence-electron chi connectivity index (χ3n) is 24.2. The van der Waals surface area contributed by atoms with Crippen LogP contribution in [0.3, 0.4) is 0 Å². The number of para-hydroxylation sites is 9. The molecule has 12 nitrogen and oxygen atoms in total. The number of nitrogens with zero attached hydrogens (tertiary/aromatic N) is 3. The molecule has 108 heavy (non-hydrogen) atoms. The lowest BCUT2D eigenvalue weighted by atomic mass is 9.49. The zero-order valence-corrected chi connectivity index (χ0v) is 65.4. The van der Waals surface area contributed by atoms with Gasteiger partial charge in [-0.1, -0.05) is 181 Å². The van der Waals surface area contributed by atoms with Crippen LogP contribution in [0.4, 0.5) is 0 Å². The van der Waals surface area contributed by atoms with E-state index in [1.165, 1.54) is 85.1 Å². The maximum Gasteiger partial charge on any atom is 0.498 e. The zero-order valence-electron chi connectivity index (χ0n) is 61.7. The Hall–Kier alpha value is -9.30. The average Bonchev–Trinajstić information content (AvgIpc) is 1.53. The molecule has 3 fully saturated rings. The monoisotopic (exact) mass is 1570 g/mol. The fourth-order valence-electron chi connectivity index (χ4n) is 16.9. The molecule has 12 aromatic carbocycles. The molecule has 0 aliphatic carbocycles. The van der Waals surface area contributed by atoms with E-state index in [1.807, 2.05) is 104 Å². The van der Waals surface area contributed by atoms with E-state index < -0.39 is 32.3 Å². The summed E-state index contributed by atoms with van der Waals surface area (Å²) >= 11 is 15.8. The summed E-state index contributed by atoms with van der Waals surface area (Å²) in [5.74, 6) is 0. The highest BCUT2D eigenvalue weighted by Crippen LogP contribution is 2.51. The van der Waals surface area contributed by atoms with Gasteiger partial charge in [-0.2, -0.15) is 0 Å². The Kier molecular flexibility index (Phi) is 15.0. The Balaban J connectivity index is 0.0000000971. The van der Waals surface area contributed by atoms with Gasteiger partial charge < -0.3 is 54.5 Å². The van der Waals surface area contributed by atoms with Crippen LogP contribution in [0.25, 0.3) is 169 Å². The highest BCUT2D eigenvalue weighted by molar-refractivity contribution is 14.1. The standard InChI is InChI=1S/C30H24BNO3.C24H13ClINO.C24H12ClNO.C12H24B2O4/c1-29(2)30(3,4)35-31(34-29)22-16-21-19-13-9-12-18-17-10-5-7-14-23(17)32(26(18)19)27(21)25-20-11-6-8-15-24(20)33-28(22)25;25-17-13-16-14-7-1-4-10-19(14)27(20-11-5-3-9-18(20)26)23(16)22-15-8-2-6-12-21(15)28-24(17)22;25-18-12-17-15-9-5-8-14-13-6-1-3-10-19(13)26(22(14)15)23(17)21-16-7-2-4-11-20(16)27-24(18)21;1-9(2)10(3,4)16-13(15-9)14-17-11(5,6)12(7,8)18-14/h5-16H,1-4H3;1-13H;1-12H;1-8H3. The maximum absolute atomic E-state index is 6.69. The van der Waals surface area contributed by atoms with Gasteiger partial charge in [-0.15, -0.1) is 0 Å². The van der Waals surface area contributed by atoms with Gasteiger partial charge in [0.05, 0.1) is 110 Å². The van der Waals surface area contributed by atoms with Crippen molar-refractivity contribution in [3.8, 4) is 5.69 Å². The molecule has 23 rings (SSSR count). The average molecular weight is 1570 g/mol. The van der Waals surface area contributed by atoms with Crippen LogP contribution in [0.1, 0.15) is 83.1 Å². The molecule has 11 heterocycles. The SMILES string of the molecule is CC1(C)OB(B2OC(C)(C)C(C)(C)O2)OC1(C)C.CC1(C)OB(c2cc3c4cccc5c6ccccc6n(c54)c3c3c2oc2ccccc23)OC1(C)C.Clc1cc2c3cccc4c5ccccc5n(c43)c2c2c1oc1ccccc12.Clc1cc2c3ccccc3n(-c3ccccc3I)c2c2c1oc1ccccc12. The predicted molar refractivity (Wildman–Crippen MR) is 455 cm³/mol. The number of rotatable bonds is 3. The van der Waals surface area contributed by atoms with Crippen LogP contribution in [-0.4, -0.2) is 68.1 Å². The minimum Gasteiger partial charge on any atom is -0.456 e. The Morgan fingerprint density at radius 1 is 0.296 bits per heavy atom. The lowest BCUT2D eigenvalue weighted by Gasteiger charge is -2.32. The zero-order chi connectivity index (χ0) is 74.2. The van der Waals surface area contributed by atoms with Crippen molar-refractivity contribution in [3.63, 3.8) is 0 Å². The summed E-state index contributed by atoms with van der Waals surface area (Å²) in [5, 5.41) is 20.1. The van der Waals surface area contributed by atoms with Gasteiger partial charge in [0.25, 0.3) is 0 Å². The van der Waals surface area contributed by atoms with E-state index in [1.54, 1.807) is 0 Å². The molecule has 18 heteroatoms. The molecule has 0 unspecified atom stereocenters. The number of hydrogen-bond acceptors (Lipinski definition) is 9. The summed E-state index contributed by atoms with van der Waals surface area (Å²) in [6.07, 6.45) is 0. The Bertz CT molecular complexity index is 7060. The van der Waals surface area contributed by atoms with Crippen LogP contribution in [0.2, 0.25) is 10.0 Å². The van der Waals surface area contributed by atoms with Crippen molar-refractivity contribution >= 4 is 236 Å². The van der Waals surface area contributed by atoms with Crippen molar-refractivity contribution < 1.29 is 41.2 Å². The van der Waals surface area contributed by atoms with Crippen LogP contribution in [0.5, 0.6) is 0 Å². The molecule has 0 spiro atoms. The fraction of sp³-hybridized carbons (Fsp3) is 0.200. The van der Waals surface area contributed by atoms with Crippen LogP contribution in [0.15, 0.2) is 238 Å². The third kappa shape index (κ3) is 9.80. The normalized spacial score (nSPS) is 17.4. The summed E-state index contributed by atoms with van der Waals surface area (Å²) in [6.45, 7) is 24.6. The van der Waals surface area contributed by atoms with E-state index in [2.05, 4.69) is 240 Å². The van der Waals surface area contributed by atoms with Crippen LogP contribution >= 0.6 is 45.8 Å². The van der Waals surface area contributed by atoms with E-state index >= 15 is 0 Å². The van der Waals surface area contributed by atoms with Crippen molar-refractivity contribution in [3.05, 3.63) is 238 Å². The van der Waals surface area contributed by atoms with Crippen molar-refractivity contribution in [2.75, 3.05) is 0 Å². The number of hydrogen-bond donors (Lipinski definition) is 0.